The monoisotopic (exact) mass is 542 g/mol. The number of likely N-dealkylation sites (tertiary alicyclic amines) is 2. The lowest BCUT2D eigenvalue weighted by atomic mass is 9.72. The Hall–Kier alpha value is -2.45. The molecule has 2 aliphatic heterocycles. The number of benzene rings is 1. The SMILES string of the molecule is CCCC(NC(=O)N1C(=O)C(CC)(CC)C1OCC(=O)N(C)CCN1C(C)CCCC1C)c1ccc(C)cc1. The maximum absolute atomic E-state index is 13.4. The van der Waals surface area contributed by atoms with E-state index in [0.717, 1.165) is 30.5 Å². The van der Waals surface area contributed by atoms with E-state index in [1.807, 2.05) is 45.0 Å². The number of piperidine rings is 1. The Bertz CT molecular complexity index is 967. The van der Waals surface area contributed by atoms with Crippen molar-refractivity contribution in [1.82, 2.24) is 20.0 Å². The normalized spacial score (nSPS) is 23.7. The minimum Gasteiger partial charge on any atom is -0.347 e. The van der Waals surface area contributed by atoms with Crippen LogP contribution in [-0.4, -0.2) is 77.6 Å². The molecule has 4 unspecified atom stereocenters. The number of aryl methyl sites for hydroxylation is 1. The van der Waals surface area contributed by atoms with Gasteiger partial charge in [-0.2, -0.15) is 0 Å². The van der Waals surface area contributed by atoms with Crippen LogP contribution in [0, 0.1) is 12.3 Å². The van der Waals surface area contributed by atoms with Crippen molar-refractivity contribution in [1.29, 1.82) is 0 Å². The zero-order valence-corrected chi connectivity index (χ0v) is 25.2. The van der Waals surface area contributed by atoms with E-state index >= 15 is 0 Å². The van der Waals surface area contributed by atoms with Crippen LogP contribution in [-0.2, 0) is 14.3 Å². The lowest BCUT2D eigenvalue weighted by Gasteiger charge is -2.53. The predicted molar refractivity (Wildman–Crippen MR) is 154 cm³/mol. The first-order chi connectivity index (χ1) is 18.6. The molecule has 0 aliphatic carbocycles. The first-order valence-electron chi connectivity index (χ1n) is 14.9. The lowest BCUT2D eigenvalue weighted by molar-refractivity contribution is -0.211. The van der Waals surface area contributed by atoms with Crippen molar-refractivity contribution >= 4 is 17.8 Å². The van der Waals surface area contributed by atoms with Crippen LogP contribution >= 0.6 is 0 Å². The Kier molecular flexibility index (Phi) is 11.0. The van der Waals surface area contributed by atoms with Crippen LogP contribution in [0.15, 0.2) is 24.3 Å². The highest BCUT2D eigenvalue weighted by molar-refractivity contribution is 6.03. The summed E-state index contributed by atoms with van der Waals surface area (Å²) in [5.74, 6) is -0.375. The molecule has 2 heterocycles. The number of urea groups is 1. The predicted octanol–water partition coefficient (Wildman–Crippen LogP) is 5.26. The van der Waals surface area contributed by atoms with E-state index in [-0.39, 0.29) is 24.5 Å². The van der Waals surface area contributed by atoms with E-state index in [2.05, 4.69) is 31.0 Å². The Balaban J connectivity index is 1.64. The second kappa shape index (κ2) is 13.8. The Morgan fingerprint density at radius 1 is 1.10 bits per heavy atom. The molecule has 39 heavy (non-hydrogen) atoms. The van der Waals surface area contributed by atoms with Gasteiger partial charge in [-0.1, -0.05) is 63.4 Å². The maximum Gasteiger partial charge on any atom is 0.326 e. The van der Waals surface area contributed by atoms with Crippen molar-refractivity contribution in [3.63, 3.8) is 0 Å². The molecule has 0 radical (unpaired) electrons. The van der Waals surface area contributed by atoms with Crippen LogP contribution in [0.5, 0.6) is 0 Å². The van der Waals surface area contributed by atoms with E-state index < -0.39 is 17.7 Å². The number of hydrogen-bond donors (Lipinski definition) is 1. The average Bonchev–Trinajstić information content (AvgIpc) is 2.91. The Morgan fingerprint density at radius 2 is 1.72 bits per heavy atom. The van der Waals surface area contributed by atoms with Crippen molar-refractivity contribution in [2.75, 3.05) is 26.7 Å². The van der Waals surface area contributed by atoms with E-state index in [4.69, 9.17) is 4.74 Å². The standard InChI is InChI=1S/C31H50N4O4/c1-8-12-26(25-17-15-22(4)16-18-25)32-30(38)35-28(37)31(9-2,10-3)29(35)39-21-27(36)33(7)19-20-34-23(5)13-11-14-24(34)6/h15-18,23-24,26,29H,8-14,19-21H2,1-7H3,(H,32,38). The summed E-state index contributed by atoms with van der Waals surface area (Å²) in [6.07, 6.45) is 5.61. The third-order valence-electron chi connectivity index (χ3n) is 9.05. The molecule has 0 saturated carbocycles. The fourth-order valence-corrected chi connectivity index (χ4v) is 6.16. The van der Waals surface area contributed by atoms with Gasteiger partial charge in [-0.05, 0) is 58.4 Å². The van der Waals surface area contributed by atoms with E-state index in [1.165, 1.54) is 24.2 Å². The molecule has 218 valence electrons. The van der Waals surface area contributed by atoms with Crippen LogP contribution in [0.1, 0.15) is 96.7 Å². The van der Waals surface area contributed by atoms with Gasteiger partial charge in [0, 0.05) is 32.2 Å². The summed E-state index contributed by atoms with van der Waals surface area (Å²) < 4.78 is 6.10. The smallest absolute Gasteiger partial charge is 0.326 e. The number of carbonyl (C=O) groups is 3. The van der Waals surface area contributed by atoms with Gasteiger partial charge in [-0.25, -0.2) is 9.69 Å². The molecule has 0 spiro atoms. The van der Waals surface area contributed by atoms with Crippen LogP contribution in [0.4, 0.5) is 4.79 Å². The Morgan fingerprint density at radius 3 is 2.28 bits per heavy atom. The van der Waals surface area contributed by atoms with Crippen molar-refractivity contribution in [3.8, 4) is 0 Å². The number of carbonyl (C=O) groups excluding carboxylic acids is 3. The zero-order chi connectivity index (χ0) is 28.7. The molecule has 8 heteroatoms. The molecule has 0 bridgehead atoms. The second-order valence-electron chi connectivity index (χ2n) is 11.6. The highest BCUT2D eigenvalue weighted by atomic mass is 16.5. The van der Waals surface area contributed by atoms with E-state index in [9.17, 15) is 14.4 Å². The molecule has 4 amide bonds. The van der Waals surface area contributed by atoms with Gasteiger partial charge in [-0.3, -0.25) is 14.5 Å². The van der Waals surface area contributed by atoms with Crippen LogP contribution in [0.2, 0.25) is 0 Å². The van der Waals surface area contributed by atoms with Gasteiger partial charge in [-0.15, -0.1) is 0 Å². The van der Waals surface area contributed by atoms with Gasteiger partial charge in [0.05, 0.1) is 11.5 Å². The van der Waals surface area contributed by atoms with Gasteiger partial charge in [0.15, 0.2) is 6.23 Å². The molecule has 3 rings (SSSR count). The number of rotatable bonds is 12. The minimum absolute atomic E-state index is 0.142. The number of nitrogens with zero attached hydrogens (tertiary/aromatic N) is 3. The summed E-state index contributed by atoms with van der Waals surface area (Å²) in [5.41, 5.74) is 1.36. The number of hydrogen-bond acceptors (Lipinski definition) is 5. The summed E-state index contributed by atoms with van der Waals surface area (Å²) >= 11 is 0. The van der Waals surface area contributed by atoms with Crippen LogP contribution < -0.4 is 5.32 Å². The summed E-state index contributed by atoms with van der Waals surface area (Å²) in [4.78, 5) is 45.1. The van der Waals surface area contributed by atoms with Crippen molar-refractivity contribution in [3.05, 3.63) is 35.4 Å². The summed E-state index contributed by atoms with van der Waals surface area (Å²) in [6, 6.07) is 8.46. The van der Waals surface area contributed by atoms with Gasteiger partial charge in [0.25, 0.3) is 0 Å². The molecule has 8 nitrogen and oxygen atoms in total. The zero-order valence-electron chi connectivity index (χ0n) is 25.2. The van der Waals surface area contributed by atoms with Gasteiger partial charge < -0.3 is 15.0 Å². The highest BCUT2D eigenvalue weighted by Crippen LogP contribution is 2.46. The van der Waals surface area contributed by atoms with Gasteiger partial charge in [0.2, 0.25) is 11.8 Å². The number of ether oxygens (including phenoxy) is 1. The number of β-lactam (4-membered cyclic amide) rings is 1. The fraction of sp³-hybridized carbons (Fsp3) is 0.710. The summed E-state index contributed by atoms with van der Waals surface area (Å²) in [7, 11) is 1.80. The van der Waals surface area contributed by atoms with E-state index in [1.54, 1.807) is 11.9 Å². The maximum atomic E-state index is 13.4. The molecular weight excluding hydrogens is 492 g/mol. The fourth-order valence-electron chi connectivity index (χ4n) is 6.16. The first-order valence-corrected chi connectivity index (χ1v) is 14.9. The van der Waals surface area contributed by atoms with Crippen molar-refractivity contribution < 1.29 is 19.1 Å². The second-order valence-corrected chi connectivity index (χ2v) is 11.6. The van der Waals surface area contributed by atoms with Crippen molar-refractivity contribution in [2.45, 2.75) is 111 Å². The highest BCUT2D eigenvalue weighted by Gasteiger charge is 2.62. The molecule has 1 aromatic carbocycles. The molecule has 0 aromatic heterocycles. The topological polar surface area (TPSA) is 82.2 Å². The first kappa shape index (κ1) is 31.1. The molecule has 2 aliphatic rings. The van der Waals surface area contributed by atoms with Crippen LogP contribution in [0.25, 0.3) is 0 Å². The third-order valence-corrected chi connectivity index (χ3v) is 9.05. The van der Waals surface area contributed by atoms with Crippen LogP contribution in [0.3, 0.4) is 0 Å². The van der Waals surface area contributed by atoms with Gasteiger partial charge in [0.1, 0.15) is 6.61 Å². The Labute approximate surface area is 235 Å². The van der Waals surface area contributed by atoms with Gasteiger partial charge >= 0.3 is 6.03 Å². The third kappa shape index (κ3) is 6.83. The lowest BCUT2D eigenvalue weighted by Crippen LogP contribution is -2.72. The molecule has 4 atom stereocenters. The number of imide groups is 1. The number of likely N-dealkylation sites (N-methyl/N-ethyl adjacent to an activating group) is 1. The quantitative estimate of drug-likeness (QED) is 0.365. The molecular formula is C31H50N4O4. The molecule has 2 saturated heterocycles. The number of amides is 4. The molecule has 1 aromatic rings. The minimum atomic E-state index is -0.793. The molecule has 1 N–H and O–H groups in total. The summed E-state index contributed by atoms with van der Waals surface area (Å²) in [6.45, 7) is 13.8. The summed E-state index contributed by atoms with van der Waals surface area (Å²) in [5, 5.41) is 3.06. The van der Waals surface area contributed by atoms with E-state index in [0.29, 0.717) is 31.5 Å². The largest absolute Gasteiger partial charge is 0.347 e. The van der Waals surface area contributed by atoms with Crippen molar-refractivity contribution in [2.24, 2.45) is 5.41 Å². The average molecular weight is 543 g/mol. The number of nitrogens with one attached hydrogen (secondary N) is 1. The molecule has 2 fully saturated rings.